The maximum atomic E-state index is 12.1. The average molecular weight is 442 g/mol. The number of aliphatic hydroxyl groups is 1. The molecule has 1 aromatic rings. The van der Waals surface area contributed by atoms with Crippen molar-refractivity contribution in [1.82, 2.24) is 14.6 Å². The van der Waals surface area contributed by atoms with Gasteiger partial charge in [-0.1, -0.05) is 5.09 Å². The molecule has 0 saturated carbocycles. The molecule has 4 N–H and O–H groups in total. The van der Waals surface area contributed by atoms with Gasteiger partial charge in [-0.2, -0.15) is 10.2 Å². The number of hydrogen-bond acceptors (Lipinski definition) is 10. The molecule has 0 aromatic carbocycles. The van der Waals surface area contributed by atoms with Crippen LogP contribution in [-0.2, 0) is 23.4 Å². The first kappa shape index (κ1) is 23.9. The number of aliphatic hydroxyl groups excluding tert-OH is 1. The molecule has 6 atom stereocenters. The Balaban J connectivity index is 2.05. The first-order valence-electron chi connectivity index (χ1n) is 9.15. The third kappa shape index (κ3) is 5.19. The van der Waals surface area contributed by atoms with E-state index < -0.39 is 49.7 Å². The Kier molecular flexibility index (Phi) is 7.63. The molecule has 12 nitrogen and oxygen atoms in total. The number of nitrogens with zero attached hydrogens (tertiary/aromatic N) is 3. The number of nitriles is 1. The molecule has 0 spiro atoms. The zero-order valence-electron chi connectivity index (χ0n) is 17.0. The summed E-state index contributed by atoms with van der Waals surface area (Å²) in [7, 11) is -2.50. The van der Waals surface area contributed by atoms with Crippen molar-refractivity contribution in [3.8, 4) is 6.07 Å². The lowest BCUT2D eigenvalue weighted by atomic mass is 9.84. The Morgan fingerprint density at radius 2 is 2.23 bits per heavy atom. The molecule has 1 aromatic heterocycles. The molecule has 164 valence electrons. The van der Waals surface area contributed by atoms with Gasteiger partial charge in [-0.3, -0.25) is 9.36 Å². The Labute approximate surface area is 173 Å². The van der Waals surface area contributed by atoms with Gasteiger partial charge in [0, 0.05) is 6.20 Å². The van der Waals surface area contributed by atoms with E-state index in [0.29, 0.717) is 0 Å². The van der Waals surface area contributed by atoms with E-state index in [1.54, 1.807) is 13.8 Å². The van der Waals surface area contributed by atoms with E-state index in [9.17, 15) is 24.5 Å². The summed E-state index contributed by atoms with van der Waals surface area (Å²) >= 11 is 0. The molecule has 1 aliphatic rings. The minimum absolute atomic E-state index is 0.00141. The van der Waals surface area contributed by atoms with Gasteiger partial charge in [-0.15, -0.1) is 4.52 Å². The Morgan fingerprint density at radius 3 is 2.80 bits per heavy atom. The molecule has 13 heteroatoms. The van der Waals surface area contributed by atoms with Gasteiger partial charge >= 0.3 is 19.8 Å². The summed E-state index contributed by atoms with van der Waals surface area (Å²) in [4.78, 5) is 27.5. The van der Waals surface area contributed by atoms with Crippen LogP contribution < -0.4 is 16.5 Å². The number of nitrogens with two attached hydrogens (primary N) is 1. The minimum atomic E-state index is -2.50. The van der Waals surface area contributed by atoms with Crippen LogP contribution in [0.25, 0.3) is 0 Å². The van der Waals surface area contributed by atoms with Crippen molar-refractivity contribution in [2.45, 2.75) is 58.3 Å². The molecule has 2 rings (SSSR count). The third-order valence-electron chi connectivity index (χ3n) is 4.49. The highest BCUT2D eigenvalue weighted by atomic mass is 31.1. The summed E-state index contributed by atoms with van der Waals surface area (Å²) in [5.74, 6) is -0.594. The molecule has 0 radical (unpaired) electrons. The second-order valence-electron chi connectivity index (χ2n) is 7.30. The number of esters is 1. The SMILES string of the molecule is CC(C)OC(=O)[C@@H](C)N[P+](=O)OC[C@H]1O[C@@H](n2ccc(N)nc2=O)[C@](C)(C#N)[C@@H]1O. The maximum Gasteiger partial charge on any atom is 0.613 e. The fraction of sp³-hybridized carbons (Fsp3) is 0.647. The lowest BCUT2D eigenvalue weighted by molar-refractivity contribution is -0.149. The minimum Gasteiger partial charge on any atom is -0.462 e. The number of hydrogen-bond donors (Lipinski definition) is 3. The van der Waals surface area contributed by atoms with Gasteiger partial charge in [0.05, 0.1) is 12.2 Å². The summed E-state index contributed by atoms with van der Waals surface area (Å²) in [6, 6.07) is 2.44. The predicted molar refractivity (Wildman–Crippen MR) is 104 cm³/mol. The summed E-state index contributed by atoms with van der Waals surface area (Å²) in [5.41, 5.74) is 3.22. The van der Waals surface area contributed by atoms with Crippen molar-refractivity contribution in [2.24, 2.45) is 5.41 Å². The standard InChI is InChI=1S/C17H24N5O7P/c1-9(2)28-14(24)10(3)21-30(26)27-7-11-13(23)17(4,8-18)15(29-11)22-6-5-12(19)20-16(22)25/h5-6,9-11,13,15,23H,7H2,1-4H3,(H2-,19,20,21,25,26)/p+1/t10-,11-,13-,15-,17-/m1/s1. The third-order valence-corrected chi connectivity index (χ3v) is 5.47. The molecule has 1 unspecified atom stereocenters. The van der Waals surface area contributed by atoms with E-state index in [1.807, 2.05) is 6.07 Å². The molecular weight excluding hydrogens is 417 g/mol. The maximum absolute atomic E-state index is 12.1. The van der Waals surface area contributed by atoms with Crippen LogP contribution in [0.5, 0.6) is 0 Å². The fourth-order valence-electron chi connectivity index (χ4n) is 2.85. The highest BCUT2D eigenvalue weighted by Crippen LogP contribution is 2.44. The quantitative estimate of drug-likeness (QED) is 0.370. The number of nitrogens with one attached hydrogen (secondary N) is 1. The molecule has 1 fully saturated rings. The van der Waals surface area contributed by atoms with Crippen LogP contribution in [0.15, 0.2) is 17.1 Å². The smallest absolute Gasteiger partial charge is 0.462 e. The Bertz CT molecular complexity index is 901. The molecular formula is C17H25N5O7P+. The van der Waals surface area contributed by atoms with Crippen molar-refractivity contribution in [2.75, 3.05) is 12.3 Å². The van der Waals surface area contributed by atoms with Gasteiger partial charge in [-0.05, 0) is 38.3 Å². The lowest BCUT2D eigenvalue weighted by Crippen LogP contribution is -2.40. The summed E-state index contributed by atoms with van der Waals surface area (Å²) in [5, 5.41) is 22.6. The van der Waals surface area contributed by atoms with Crippen molar-refractivity contribution in [1.29, 1.82) is 5.26 Å². The van der Waals surface area contributed by atoms with Gasteiger partial charge in [0.25, 0.3) is 0 Å². The Morgan fingerprint density at radius 1 is 1.57 bits per heavy atom. The summed E-state index contributed by atoms with van der Waals surface area (Å²) < 4.78 is 29.0. The molecule has 0 amide bonds. The van der Waals surface area contributed by atoms with Gasteiger partial charge in [-0.25, -0.2) is 4.79 Å². The highest BCUT2D eigenvalue weighted by Gasteiger charge is 2.55. The van der Waals surface area contributed by atoms with Gasteiger partial charge in [0.2, 0.25) is 0 Å². The van der Waals surface area contributed by atoms with Crippen LogP contribution in [0.4, 0.5) is 5.82 Å². The molecule has 30 heavy (non-hydrogen) atoms. The predicted octanol–water partition coefficient (Wildman–Crippen LogP) is 0.217. The number of carbonyl (C=O) groups excluding carboxylic acids is 1. The van der Waals surface area contributed by atoms with Crippen LogP contribution in [0.2, 0.25) is 0 Å². The second-order valence-corrected chi connectivity index (χ2v) is 8.33. The number of anilines is 1. The zero-order valence-corrected chi connectivity index (χ0v) is 17.9. The van der Waals surface area contributed by atoms with Crippen LogP contribution >= 0.6 is 8.18 Å². The van der Waals surface area contributed by atoms with Crippen molar-refractivity contribution in [3.05, 3.63) is 22.7 Å². The summed E-state index contributed by atoms with van der Waals surface area (Å²) in [6.07, 6.45) is -2.61. The number of nitrogen functional groups attached to an aromatic ring is 1. The van der Waals surface area contributed by atoms with Gasteiger partial charge < -0.3 is 20.3 Å². The van der Waals surface area contributed by atoms with Gasteiger partial charge in [0.15, 0.2) is 6.23 Å². The topological polar surface area (TPSA) is 179 Å². The van der Waals surface area contributed by atoms with E-state index in [2.05, 4.69) is 10.1 Å². The molecule has 1 aliphatic heterocycles. The normalized spacial score (nSPS) is 27.5. The first-order valence-corrected chi connectivity index (χ1v) is 10.3. The van der Waals surface area contributed by atoms with E-state index >= 15 is 0 Å². The van der Waals surface area contributed by atoms with Crippen molar-refractivity contribution in [3.63, 3.8) is 0 Å². The Hall–Kier alpha value is -2.42. The fourth-order valence-corrected chi connectivity index (χ4v) is 3.63. The van der Waals surface area contributed by atoms with E-state index in [0.717, 1.165) is 4.57 Å². The first-order chi connectivity index (χ1) is 14.0. The van der Waals surface area contributed by atoms with Crippen LogP contribution in [0, 0.1) is 16.7 Å². The summed E-state index contributed by atoms with van der Waals surface area (Å²) in [6.45, 7) is 5.90. The van der Waals surface area contributed by atoms with Crippen LogP contribution in [-0.4, -0.2) is 51.6 Å². The zero-order chi connectivity index (χ0) is 22.6. The highest BCUT2D eigenvalue weighted by molar-refractivity contribution is 7.36. The molecule has 0 bridgehead atoms. The average Bonchev–Trinajstić information content (AvgIpc) is 2.91. The van der Waals surface area contributed by atoms with Gasteiger partial charge in [0.1, 0.15) is 36.1 Å². The monoisotopic (exact) mass is 442 g/mol. The van der Waals surface area contributed by atoms with Crippen LogP contribution in [0.3, 0.4) is 0 Å². The number of carbonyl (C=O) groups is 1. The lowest BCUT2D eigenvalue weighted by Gasteiger charge is -2.25. The van der Waals surface area contributed by atoms with E-state index in [-0.39, 0.29) is 18.5 Å². The number of rotatable bonds is 8. The van der Waals surface area contributed by atoms with Crippen LogP contribution in [0.1, 0.15) is 33.9 Å². The molecule has 1 saturated heterocycles. The number of aromatic nitrogens is 2. The van der Waals surface area contributed by atoms with E-state index in [1.165, 1.54) is 26.1 Å². The molecule has 2 heterocycles. The van der Waals surface area contributed by atoms with Crippen molar-refractivity contribution < 1.29 is 28.5 Å². The second kappa shape index (κ2) is 9.59. The van der Waals surface area contributed by atoms with Crippen molar-refractivity contribution >= 4 is 20.0 Å². The largest absolute Gasteiger partial charge is 0.613 e. The number of ether oxygens (including phenoxy) is 2. The van der Waals surface area contributed by atoms with E-state index in [4.69, 9.17) is 19.7 Å². The molecule has 0 aliphatic carbocycles.